The Morgan fingerprint density at radius 3 is 3.00 bits per heavy atom. The normalized spacial score (nSPS) is 19.1. The molecule has 0 aliphatic carbocycles. The molecule has 4 heteroatoms. The topological polar surface area (TPSA) is 15.3 Å². The predicted octanol–water partition coefficient (Wildman–Crippen LogP) is 1.70. The number of rotatable bonds is 3. The Morgan fingerprint density at radius 1 is 1.46 bits per heavy atom. The minimum absolute atomic E-state index is 1.14. The molecule has 0 bridgehead atoms. The lowest BCUT2D eigenvalue weighted by Crippen LogP contribution is -2.43. The summed E-state index contributed by atoms with van der Waals surface area (Å²) in [5.41, 5.74) is 0. The zero-order valence-electron chi connectivity index (χ0n) is 7.53. The van der Waals surface area contributed by atoms with E-state index in [1.807, 2.05) is 23.1 Å². The van der Waals surface area contributed by atoms with Crippen LogP contribution < -0.4 is 5.32 Å². The van der Waals surface area contributed by atoms with Crippen LogP contribution in [-0.2, 0) is 0 Å². The van der Waals surface area contributed by atoms with Gasteiger partial charge in [0.05, 0.1) is 10.1 Å². The van der Waals surface area contributed by atoms with Gasteiger partial charge in [-0.25, -0.2) is 0 Å². The molecule has 2 nitrogen and oxygen atoms in total. The molecular weight excluding hydrogens is 200 g/mol. The van der Waals surface area contributed by atoms with Crippen LogP contribution in [0.4, 0.5) is 0 Å². The first-order valence-corrected chi connectivity index (χ1v) is 6.41. The molecule has 2 rings (SSSR count). The molecular formula is C9H14N2S2. The Balaban J connectivity index is 1.72. The summed E-state index contributed by atoms with van der Waals surface area (Å²) in [6.45, 7) is 4.67. The fourth-order valence-corrected chi connectivity index (χ4v) is 3.13. The number of thioether (sulfide) groups is 1. The van der Waals surface area contributed by atoms with Gasteiger partial charge in [0, 0.05) is 26.2 Å². The van der Waals surface area contributed by atoms with Gasteiger partial charge < -0.3 is 5.32 Å². The second-order valence-corrected chi connectivity index (χ2v) is 5.27. The zero-order chi connectivity index (χ0) is 8.93. The highest BCUT2D eigenvalue weighted by Crippen LogP contribution is 2.23. The van der Waals surface area contributed by atoms with Crippen molar-refractivity contribution in [2.24, 2.45) is 0 Å². The Hall–Kier alpha value is -0.0300. The van der Waals surface area contributed by atoms with Crippen LogP contribution in [0.2, 0.25) is 0 Å². The van der Waals surface area contributed by atoms with Crippen LogP contribution in [0.15, 0.2) is 21.7 Å². The predicted molar refractivity (Wildman–Crippen MR) is 59.5 cm³/mol. The fourth-order valence-electron chi connectivity index (χ4n) is 1.34. The van der Waals surface area contributed by atoms with E-state index in [1.54, 1.807) is 0 Å². The van der Waals surface area contributed by atoms with Gasteiger partial charge in [0.25, 0.3) is 0 Å². The molecule has 0 spiro atoms. The Bertz CT molecular complexity index is 230. The molecule has 1 fully saturated rings. The van der Waals surface area contributed by atoms with Crippen LogP contribution in [0.3, 0.4) is 0 Å². The van der Waals surface area contributed by atoms with Crippen molar-refractivity contribution in [2.75, 3.05) is 32.1 Å². The van der Waals surface area contributed by atoms with Gasteiger partial charge in [-0.05, 0) is 11.4 Å². The van der Waals surface area contributed by atoms with Gasteiger partial charge in [-0.2, -0.15) is 0 Å². The molecule has 2 heterocycles. The largest absolute Gasteiger partial charge is 0.314 e. The lowest BCUT2D eigenvalue weighted by Gasteiger charge is -2.26. The lowest BCUT2D eigenvalue weighted by atomic mass is 10.4. The number of piperazine rings is 1. The second-order valence-electron chi connectivity index (χ2n) is 3.07. The Kier molecular flexibility index (Phi) is 3.66. The second kappa shape index (κ2) is 5.00. The minimum Gasteiger partial charge on any atom is -0.314 e. The van der Waals surface area contributed by atoms with E-state index < -0.39 is 0 Å². The van der Waals surface area contributed by atoms with E-state index in [9.17, 15) is 0 Å². The third-order valence-corrected chi connectivity index (χ3v) is 4.31. The number of hydrogen-bond acceptors (Lipinski definition) is 4. The van der Waals surface area contributed by atoms with E-state index in [0.29, 0.717) is 0 Å². The van der Waals surface area contributed by atoms with Gasteiger partial charge in [-0.1, -0.05) is 17.8 Å². The fraction of sp³-hybridized carbons (Fsp3) is 0.556. The monoisotopic (exact) mass is 214 g/mol. The molecule has 0 aromatic carbocycles. The van der Waals surface area contributed by atoms with Crippen LogP contribution in [0.5, 0.6) is 0 Å². The van der Waals surface area contributed by atoms with Crippen molar-refractivity contribution in [1.82, 2.24) is 10.2 Å². The number of nitrogens with one attached hydrogen (secondary N) is 1. The van der Waals surface area contributed by atoms with Crippen LogP contribution in [0, 0.1) is 0 Å². The van der Waals surface area contributed by atoms with Crippen molar-refractivity contribution >= 4 is 23.1 Å². The molecule has 0 atom stereocenters. The maximum atomic E-state index is 3.36. The van der Waals surface area contributed by atoms with E-state index in [2.05, 4.69) is 27.7 Å². The first-order valence-electron chi connectivity index (χ1n) is 4.54. The van der Waals surface area contributed by atoms with Gasteiger partial charge in [-0.15, -0.1) is 11.3 Å². The van der Waals surface area contributed by atoms with Gasteiger partial charge in [0.15, 0.2) is 0 Å². The maximum absolute atomic E-state index is 3.36. The molecule has 0 saturated carbocycles. The number of nitrogens with zero attached hydrogens (tertiary/aromatic N) is 1. The van der Waals surface area contributed by atoms with Crippen LogP contribution in [-0.4, -0.2) is 37.0 Å². The molecule has 13 heavy (non-hydrogen) atoms. The molecule has 72 valence electrons. The zero-order valence-corrected chi connectivity index (χ0v) is 9.16. The van der Waals surface area contributed by atoms with Gasteiger partial charge in [-0.3, -0.25) is 4.90 Å². The first kappa shape index (κ1) is 9.52. The summed E-state index contributed by atoms with van der Waals surface area (Å²) in [6.07, 6.45) is 0. The highest BCUT2D eigenvalue weighted by molar-refractivity contribution is 8.01. The number of hydrogen-bond donors (Lipinski definition) is 1. The van der Waals surface area contributed by atoms with Crippen molar-refractivity contribution in [3.05, 3.63) is 17.5 Å². The van der Waals surface area contributed by atoms with E-state index in [-0.39, 0.29) is 0 Å². The Labute approximate surface area is 87.3 Å². The molecule has 1 aromatic heterocycles. The van der Waals surface area contributed by atoms with Gasteiger partial charge in [0.2, 0.25) is 0 Å². The SMILES string of the molecule is c1csc(SCN2CCNCC2)c1. The van der Waals surface area contributed by atoms with Crippen molar-refractivity contribution in [3.63, 3.8) is 0 Å². The summed E-state index contributed by atoms with van der Waals surface area (Å²) in [5.74, 6) is 1.14. The van der Waals surface area contributed by atoms with Crippen molar-refractivity contribution in [2.45, 2.75) is 4.21 Å². The van der Waals surface area contributed by atoms with Crippen molar-refractivity contribution < 1.29 is 0 Å². The van der Waals surface area contributed by atoms with Crippen molar-refractivity contribution in [3.8, 4) is 0 Å². The average Bonchev–Trinajstić information content (AvgIpc) is 2.69. The highest BCUT2D eigenvalue weighted by Gasteiger charge is 2.09. The van der Waals surface area contributed by atoms with Crippen LogP contribution in [0.25, 0.3) is 0 Å². The third kappa shape index (κ3) is 2.98. The first-order chi connectivity index (χ1) is 6.45. The third-order valence-electron chi connectivity index (χ3n) is 2.09. The molecule has 1 saturated heterocycles. The highest BCUT2D eigenvalue weighted by atomic mass is 32.2. The summed E-state index contributed by atoms with van der Waals surface area (Å²) < 4.78 is 1.43. The summed E-state index contributed by atoms with van der Waals surface area (Å²) in [7, 11) is 0. The molecule has 0 amide bonds. The van der Waals surface area contributed by atoms with E-state index in [0.717, 1.165) is 19.0 Å². The number of thiophene rings is 1. The summed E-state index contributed by atoms with van der Waals surface area (Å²) >= 11 is 3.78. The summed E-state index contributed by atoms with van der Waals surface area (Å²) in [5, 5.41) is 5.50. The quantitative estimate of drug-likeness (QED) is 0.771. The van der Waals surface area contributed by atoms with Gasteiger partial charge in [0.1, 0.15) is 0 Å². The van der Waals surface area contributed by atoms with E-state index in [1.165, 1.54) is 17.3 Å². The van der Waals surface area contributed by atoms with Gasteiger partial charge >= 0.3 is 0 Å². The van der Waals surface area contributed by atoms with Crippen LogP contribution in [0.1, 0.15) is 0 Å². The maximum Gasteiger partial charge on any atom is 0.0611 e. The molecule has 1 aliphatic rings. The Morgan fingerprint density at radius 2 is 2.31 bits per heavy atom. The standard InChI is InChI=1S/C9H14N2S2/c1-2-9(12-7-1)13-8-11-5-3-10-4-6-11/h1-2,7,10H,3-6,8H2. The minimum atomic E-state index is 1.14. The molecule has 1 aromatic rings. The van der Waals surface area contributed by atoms with E-state index in [4.69, 9.17) is 0 Å². The smallest absolute Gasteiger partial charge is 0.0611 e. The van der Waals surface area contributed by atoms with Crippen molar-refractivity contribution in [1.29, 1.82) is 0 Å². The molecule has 0 unspecified atom stereocenters. The van der Waals surface area contributed by atoms with Crippen LogP contribution >= 0.6 is 23.1 Å². The average molecular weight is 214 g/mol. The summed E-state index contributed by atoms with van der Waals surface area (Å²) in [4.78, 5) is 2.50. The molecule has 1 N–H and O–H groups in total. The molecule has 1 aliphatic heterocycles. The molecule has 0 radical (unpaired) electrons. The summed E-state index contributed by atoms with van der Waals surface area (Å²) in [6, 6.07) is 4.31. The lowest BCUT2D eigenvalue weighted by molar-refractivity contribution is 0.280. The van der Waals surface area contributed by atoms with E-state index >= 15 is 0 Å².